The summed E-state index contributed by atoms with van der Waals surface area (Å²) < 4.78 is 37.4. The summed E-state index contributed by atoms with van der Waals surface area (Å²) in [5.41, 5.74) is 4.99. The first-order valence-electron chi connectivity index (χ1n) is 6.95. The summed E-state index contributed by atoms with van der Waals surface area (Å²) in [6.45, 7) is 7.92. The lowest BCUT2D eigenvalue weighted by Crippen LogP contribution is -2.16. The van der Waals surface area contributed by atoms with E-state index in [0.29, 0.717) is 5.92 Å². The van der Waals surface area contributed by atoms with Crippen molar-refractivity contribution in [2.75, 3.05) is 5.43 Å². The van der Waals surface area contributed by atoms with Crippen LogP contribution in [0, 0.1) is 5.92 Å². The van der Waals surface area contributed by atoms with Crippen LogP contribution in [0.4, 0.5) is 19.0 Å². The Morgan fingerprint density at radius 3 is 2.68 bits per heavy atom. The molecule has 1 aromatic rings. The van der Waals surface area contributed by atoms with Gasteiger partial charge in [-0.2, -0.15) is 18.3 Å². The molecular formula is C16H18F3N3. The van der Waals surface area contributed by atoms with Crippen LogP contribution in [0.25, 0.3) is 0 Å². The minimum absolute atomic E-state index is 0.283. The molecule has 0 saturated heterocycles. The van der Waals surface area contributed by atoms with E-state index in [1.165, 1.54) is 6.07 Å². The maximum absolute atomic E-state index is 12.5. The van der Waals surface area contributed by atoms with Gasteiger partial charge in [0.15, 0.2) is 0 Å². The summed E-state index contributed by atoms with van der Waals surface area (Å²) >= 11 is 0. The van der Waals surface area contributed by atoms with Gasteiger partial charge in [-0.15, -0.1) is 0 Å². The number of rotatable bonds is 3. The van der Waals surface area contributed by atoms with Crippen LogP contribution in [0.3, 0.4) is 0 Å². The molecule has 0 aromatic carbocycles. The third-order valence-electron chi connectivity index (χ3n) is 3.70. The molecule has 1 atom stereocenters. The standard InChI is InChI=1S/C16H18F3N3/c1-10(2)12-5-4-11(3)14(8-12)21-22-15-7-6-13(9-20-15)16(17,18)19/h4,6-7,9,12H,1,5,8H2,2-3H3,(H,20,22)/t12-/m1/s1. The monoisotopic (exact) mass is 309 g/mol. The summed E-state index contributed by atoms with van der Waals surface area (Å²) in [6, 6.07) is 2.25. The van der Waals surface area contributed by atoms with Crippen molar-refractivity contribution in [3.05, 3.63) is 47.7 Å². The second-order valence-corrected chi connectivity index (χ2v) is 5.47. The Balaban J connectivity index is 2.09. The van der Waals surface area contributed by atoms with E-state index in [2.05, 4.69) is 28.2 Å². The highest BCUT2D eigenvalue weighted by molar-refractivity contribution is 6.01. The van der Waals surface area contributed by atoms with E-state index < -0.39 is 11.7 Å². The van der Waals surface area contributed by atoms with Gasteiger partial charge in [-0.1, -0.05) is 18.2 Å². The average molecular weight is 309 g/mol. The number of aromatic nitrogens is 1. The number of hydrazone groups is 1. The zero-order chi connectivity index (χ0) is 16.3. The second-order valence-electron chi connectivity index (χ2n) is 5.47. The molecule has 1 aromatic heterocycles. The lowest BCUT2D eigenvalue weighted by molar-refractivity contribution is -0.137. The predicted molar refractivity (Wildman–Crippen MR) is 81.6 cm³/mol. The zero-order valence-corrected chi connectivity index (χ0v) is 12.5. The summed E-state index contributed by atoms with van der Waals surface area (Å²) in [4.78, 5) is 3.73. The highest BCUT2D eigenvalue weighted by atomic mass is 19.4. The fourth-order valence-corrected chi connectivity index (χ4v) is 2.18. The molecule has 6 heteroatoms. The summed E-state index contributed by atoms with van der Waals surface area (Å²) in [5, 5.41) is 4.27. The van der Waals surface area contributed by atoms with Crippen LogP contribution in [-0.2, 0) is 6.18 Å². The van der Waals surface area contributed by atoms with Crippen molar-refractivity contribution in [3.63, 3.8) is 0 Å². The maximum atomic E-state index is 12.5. The molecule has 0 bridgehead atoms. The van der Waals surface area contributed by atoms with Crippen LogP contribution < -0.4 is 5.43 Å². The van der Waals surface area contributed by atoms with Gasteiger partial charge >= 0.3 is 6.18 Å². The molecule has 3 nitrogen and oxygen atoms in total. The number of nitrogens with zero attached hydrogens (tertiary/aromatic N) is 2. The van der Waals surface area contributed by atoms with E-state index in [0.717, 1.165) is 42.0 Å². The fourth-order valence-electron chi connectivity index (χ4n) is 2.18. The largest absolute Gasteiger partial charge is 0.417 e. The van der Waals surface area contributed by atoms with Gasteiger partial charge in [-0.25, -0.2) is 4.98 Å². The van der Waals surface area contributed by atoms with E-state index >= 15 is 0 Å². The van der Waals surface area contributed by atoms with E-state index in [9.17, 15) is 13.2 Å². The Labute approximate surface area is 127 Å². The molecule has 0 aliphatic heterocycles. The molecule has 1 heterocycles. The second kappa shape index (κ2) is 6.34. The Hall–Kier alpha value is -2.11. The molecule has 1 N–H and O–H groups in total. The van der Waals surface area contributed by atoms with Crippen molar-refractivity contribution < 1.29 is 13.2 Å². The van der Waals surface area contributed by atoms with Gasteiger partial charge in [-0.3, -0.25) is 5.43 Å². The Morgan fingerprint density at radius 2 is 2.14 bits per heavy atom. The molecule has 0 unspecified atom stereocenters. The first kappa shape index (κ1) is 16.3. The lowest BCUT2D eigenvalue weighted by atomic mass is 9.85. The minimum Gasteiger partial charge on any atom is -0.261 e. The van der Waals surface area contributed by atoms with Crippen molar-refractivity contribution >= 4 is 11.5 Å². The van der Waals surface area contributed by atoms with Gasteiger partial charge in [0.1, 0.15) is 5.82 Å². The molecule has 22 heavy (non-hydrogen) atoms. The quantitative estimate of drug-likeness (QED) is 0.643. The van der Waals surface area contributed by atoms with E-state index in [1.807, 2.05) is 13.8 Å². The van der Waals surface area contributed by atoms with Gasteiger partial charge in [0, 0.05) is 6.20 Å². The average Bonchev–Trinajstić information content (AvgIpc) is 2.45. The third kappa shape index (κ3) is 3.96. The van der Waals surface area contributed by atoms with Crippen molar-refractivity contribution in [2.24, 2.45) is 11.0 Å². The van der Waals surface area contributed by atoms with Crippen molar-refractivity contribution in [3.8, 4) is 0 Å². The normalized spacial score (nSPS) is 20.7. The number of pyridine rings is 1. The highest BCUT2D eigenvalue weighted by Gasteiger charge is 2.30. The van der Waals surface area contributed by atoms with Gasteiger partial charge in [-0.05, 0) is 50.3 Å². The smallest absolute Gasteiger partial charge is 0.261 e. The van der Waals surface area contributed by atoms with Gasteiger partial charge in [0.05, 0.1) is 11.3 Å². The van der Waals surface area contributed by atoms with Crippen LogP contribution in [0.2, 0.25) is 0 Å². The Bertz CT molecular complexity index is 613. The maximum Gasteiger partial charge on any atom is 0.417 e. The highest BCUT2D eigenvalue weighted by Crippen LogP contribution is 2.29. The van der Waals surface area contributed by atoms with E-state index in [4.69, 9.17) is 0 Å². The number of allylic oxidation sites excluding steroid dienone is 3. The number of alkyl halides is 3. The van der Waals surface area contributed by atoms with Crippen LogP contribution in [0.15, 0.2) is 47.2 Å². The summed E-state index contributed by atoms with van der Waals surface area (Å²) in [6.07, 6.45) is 0.227. The van der Waals surface area contributed by atoms with E-state index in [-0.39, 0.29) is 5.82 Å². The third-order valence-corrected chi connectivity index (χ3v) is 3.70. The van der Waals surface area contributed by atoms with E-state index in [1.54, 1.807) is 0 Å². The Kier molecular flexibility index (Phi) is 4.68. The van der Waals surface area contributed by atoms with Gasteiger partial charge < -0.3 is 0 Å². The van der Waals surface area contributed by atoms with Crippen molar-refractivity contribution in [1.29, 1.82) is 0 Å². The summed E-state index contributed by atoms with van der Waals surface area (Å²) in [7, 11) is 0. The first-order chi connectivity index (χ1) is 10.3. The number of anilines is 1. The number of nitrogens with one attached hydrogen (secondary N) is 1. The van der Waals surface area contributed by atoms with Crippen LogP contribution in [0.1, 0.15) is 32.3 Å². The van der Waals surface area contributed by atoms with Crippen LogP contribution in [-0.4, -0.2) is 10.7 Å². The van der Waals surface area contributed by atoms with Gasteiger partial charge in [0.2, 0.25) is 0 Å². The summed E-state index contributed by atoms with van der Waals surface area (Å²) in [5.74, 6) is 0.635. The Morgan fingerprint density at radius 1 is 1.41 bits per heavy atom. The SMILES string of the molecule is C=C(C)[C@@H]1CC=C(C)C(=NNc2ccc(C(F)(F)F)cn2)C1. The van der Waals surface area contributed by atoms with Crippen molar-refractivity contribution in [1.82, 2.24) is 4.98 Å². The number of hydrogen-bond acceptors (Lipinski definition) is 3. The van der Waals surface area contributed by atoms with Crippen LogP contribution in [0.5, 0.6) is 0 Å². The predicted octanol–water partition coefficient (Wildman–Crippen LogP) is 4.80. The number of hydrogen-bond donors (Lipinski definition) is 1. The molecule has 0 saturated carbocycles. The molecule has 2 rings (SSSR count). The number of halogens is 3. The molecular weight excluding hydrogens is 291 g/mol. The minimum atomic E-state index is -4.38. The lowest BCUT2D eigenvalue weighted by Gasteiger charge is -2.22. The molecule has 0 radical (unpaired) electrons. The van der Waals surface area contributed by atoms with Crippen LogP contribution >= 0.6 is 0 Å². The molecule has 0 spiro atoms. The topological polar surface area (TPSA) is 37.3 Å². The fraction of sp³-hybridized carbons (Fsp3) is 0.375. The van der Waals surface area contributed by atoms with Crippen molar-refractivity contribution in [2.45, 2.75) is 32.9 Å². The molecule has 0 amide bonds. The molecule has 1 aliphatic rings. The van der Waals surface area contributed by atoms with Gasteiger partial charge in [0.25, 0.3) is 0 Å². The first-order valence-corrected chi connectivity index (χ1v) is 6.95. The molecule has 118 valence electrons. The molecule has 1 aliphatic carbocycles. The molecule has 0 fully saturated rings. The zero-order valence-electron chi connectivity index (χ0n) is 12.5.